The minimum Gasteiger partial charge on any atom is -0.476 e. The number of aromatic nitrogens is 1. The topological polar surface area (TPSA) is 25.4 Å². The zero-order chi connectivity index (χ0) is 10.5. The van der Waals surface area contributed by atoms with E-state index in [0.29, 0.717) is 0 Å². The average Bonchev–Trinajstić information content (AvgIpc) is 2.71. The van der Waals surface area contributed by atoms with Crippen molar-refractivity contribution in [2.24, 2.45) is 0 Å². The van der Waals surface area contributed by atoms with Gasteiger partial charge in [-0.05, 0) is 44.5 Å². The standard InChI is InChI=1S/C12H18N2O/c1-11-4-5-13-12(10-11)15-9-8-14-6-2-3-7-14/h4-5,10H,2-3,6-9H2,1H3. The third-order valence-corrected chi connectivity index (χ3v) is 2.75. The van der Waals surface area contributed by atoms with Gasteiger partial charge in [-0.25, -0.2) is 4.98 Å². The van der Waals surface area contributed by atoms with Crippen LogP contribution in [0.2, 0.25) is 0 Å². The van der Waals surface area contributed by atoms with Gasteiger partial charge in [0.25, 0.3) is 0 Å². The molecule has 0 amide bonds. The Balaban J connectivity index is 1.73. The van der Waals surface area contributed by atoms with Gasteiger partial charge < -0.3 is 4.74 Å². The lowest BCUT2D eigenvalue weighted by atomic mass is 10.3. The largest absolute Gasteiger partial charge is 0.476 e. The Hall–Kier alpha value is -1.09. The summed E-state index contributed by atoms with van der Waals surface area (Å²) in [4.78, 5) is 6.60. The number of hydrogen-bond donors (Lipinski definition) is 0. The first-order chi connectivity index (χ1) is 7.34. The predicted molar refractivity (Wildman–Crippen MR) is 60.1 cm³/mol. The zero-order valence-corrected chi connectivity index (χ0v) is 9.28. The lowest BCUT2D eigenvalue weighted by Gasteiger charge is -2.14. The van der Waals surface area contributed by atoms with Gasteiger partial charge >= 0.3 is 0 Å². The van der Waals surface area contributed by atoms with Crippen molar-refractivity contribution in [2.75, 3.05) is 26.2 Å². The fraction of sp³-hybridized carbons (Fsp3) is 0.583. The second-order valence-electron chi connectivity index (χ2n) is 4.07. The number of pyridine rings is 1. The molecule has 0 N–H and O–H groups in total. The van der Waals surface area contributed by atoms with Crippen molar-refractivity contribution in [2.45, 2.75) is 19.8 Å². The Morgan fingerprint density at radius 2 is 2.20 bits per heavy atom. The van der Waals surface area contributed by atoms with Crippen LogP contribution in [0.5, 0.6) is 5.88 Å². The van der Waals surface area contributed by atoms with Gasteiger partial charge in [0.05, 0.1) is 0 Å². The van der Waals surface area contributed by atoms with Crippen LogP contribution >= 0.6 is 0 Å². The molecular weight excluding hydrogens is 188 g/mol. The van der Waals surface area contributed by atoms with Gasteiger partial charge in [-0.1, -0.05) is 0 Å². The summed E-state index contributed by atoms with van der Waals surface area (Å²) < 4.78 is 5.60. The Bertz CT molecular complexity index is 308. The molecule has 1 aliphatic rings. The molecule has 0 saturated carbocycles. The molecule has 15 heavy (non-hydrogen) atoms. The SMILES string of the molecule is Cc1ccnc(OCCN2CCCC2)c1. The molecule has 1 saturated heterocycles. The van der Waals surface area contributed by atoms with Gasteiger partial charge in [0.1, 0.15) is 6.61 Å². The van der Waals surface area contributed by atoms with Gasteiger partial charge in [-0.3, -0.25) is 4.90 Å². The Morgan fingerprint density at radius 3 is 2.93 bits per heavy atom. The molecule has 0 bridgehead atoms. The van der Waals surface area contributed by atoms with Crippen molar-refractivity contribution in [3.63, 3.8) is 0 Å². The van der Waals surface area contributed by atoms with Crippen LogP contribution in [0.3, 0.4) is 0 Å². The van der Waals surface area contributed by atoms with Crippen LogP contribution in [-0.4, -0.2) is 36.1 Å². The third-order valence-electron chi connectivity index (χ3n) is 2.75. The molecule has 3 heteroatoms. The second kappa shape index (κ2) is 5.12. The van der Waals surface area contributed by atoms with E-state index < -0.39 is 0 Å². The van der Waals surface area contributed by atoms with Gasteiger partial charge in [0.15, 0.2) is 0 Å². The molecule has 0 unspecified atom stereocenters. The summed E-state index contributed by atoms with van der Waals surface area (Å²) in [5.41, 5.74) is 1.20. The Morgan fingerprint density at radius 1 is 1.40 bits per heavy atom. The van der Waals surface area contributed by atoms with Crippen LogP contribution in [0.1, 0.15) is 18.4 Å². The van der Waals surface area contributed by atoms with E-state index in [1.807, 2.05) is 12.1 Å². The predicted octanol–water partition coefficient (Wildman–Crippen LogP) is 1.86. The summed E-state index contributed by atoms with van der Waals surface area (Å²) in [5, 5.41) is 0. The maximum absolute atomic E-state index is 5.60. The number of ether oxygens (including phenoxy) is 1. The molecule has 1 aliphatic heterocycles. The molecule has 0 atom stereocenters. The van der Waals surface area contributed by atoms with E-state index in [2.05, 4.69) is 16.8 Å². The average molecular weight is 206 g/mol. The fourth-order valence-corrected chi connectivity index (χ4v) is 1.87. The molecule has 0 aliphatic carbocycles. The van der Waals surface area contributed by atoms with E-state index in [1.165, 1.54) is 31.5 Å². The fourth-order valence-electron chi connectivity index (χ4n) is 1.87. The molecule has 1 fully saturated rings. The molecule has 0 spiro atoms. The van der Waals surface area contributed by atoms with Gasteiger partial charge in [-0.2, -0.15) is 0 Å². The smallest absolute Gasteiger partial charge is 0.213 e. The monoisotopic (exact) mass is 206 g/mol. The van der Waals surface area contributed by atoms with E-state index in [0.717, 1.165) is 19.0 Å². The molecule has 82 valence electrons. The maximum atomic E-state index is 5.60. The zero-order valence-electron chi connectivity index (χ0n) is 9.28. The quantitative estimate of drug-likeness (QED) is 0.752. The van der Waals surface area contributed by atoms with Gasteiger partial charge in [-0.15, -0.1) is 0 Å². The summed E-state index contributed by atoms with van der Waals surface area (Å²) in [6.07, 6.45) is 4.46. The first kappa shape index (κ1) is 10.4. The molecule has 1 aromatic heterocycles. The molecule has 2 rings (SSSR count). The highest BCUT2D eigenvalue weighted by molar-refractivity contribution is 5.18. The maximum Gasteiger partial charge on any atom is 0.213 e. The lowest BCUT2D eigenvalue weighted by molar-refractivity contribution is 0.232. The summed E-state index contributed by atoms with van der Waals surface area (Å²) in [6.45, 7) is 6.27. The van der Waals surface area contributed by atoms with E-state index in [1.54, 1.807) is 6.20 Å². The normalized spacial score (nSPS) is 16.9. The number of aryl methyl sites for hydroxylation is 1. The molecule has 0 radical (unpaired) electrons. The van der Waals surface area contributed by atoms with Crippen molar-refractivity contribution in [3.05, 3.63) is 23.9 Å². The number of hydrogen-bond acceptors (Lipinski definition) is 3. The van der Waals surface area contributed by atoms with Crippen LogP contribution in [0.25, 0.3) is 0 Å². The van der Waals surface area contributed by atoms with Crippen LogP contribution < -0.4 is 4.74 Å². The molecular formula is C12H18N2O. The first-order valence-corrected chi connectivity index (χ1v) is 5.62. The molecule has 3 nitrogen and oxygen atoms in total. The minimum absolute atomic E-state index is 0.745. The van der Waals surface area contributed by atoms with Crippen molar-refractivity contribution in [1.29, 1.82) is 0 Å². The summed E-state index contributed by atoms with van der Waals surface area (Å²) in [5.74, 6) is 0.745. The van der Waals surface area contributed by atoms with E-state index in [9.17, 15) is 0 Å². The molecule has 0 aromatic carbocycles. The lowest BCUT2D eigenvalue weighted by Crippen LogP contribution is -2.25. The van der Waals surface area contributed by atoms with Crippen LogP contribution in [-0.2, 0) is 0 Å². The van der Waals surface area contributed by atoms with Crippen molar-refractivity contribution in [1.82, 2.24) is 9.88 Å². The van der Waals surface area contributed by atoms with Crippen LogP contribution in [0.15, 0.2) is 18.3 Å². The summed E-state index contributed by atoms with van der Waals surface area (Å²) in [6, 6.07) is 3.96. The van der Waals surface area contributed by atoms with Gasteiger partial charge in [0.2, 0.25) is 5.88 Å². The van der Waals surface area contributed by atoms with E-state index >= 15 is 0 Å². The third kappa shape index (κ3) is 3.20. The highest BCUT2D eigenvalue weighted by atomic mass is 16.5. The summed E-state index contributed by atoms with van der Waals surface area (Å²) >= 11 is 0. The van der Waals surface area contributed by atoms with Gasteiger partial charge in [0, 0.05) is 18.8 Å². The van der Waals surface area contributed by atoms with Crippen molar-refractivity contribution < 1.29 is 4.74 Å². The van der Waals surface area contributed by atoms with Crippen molar-refractivity contribution in [3.8, 4) is 5.88 Å². The highest BCUT2D eigenvalue weighted by Crippen LogP contribution is 2.09. The minimum atomic E-state index is 0.745. The van der Waals surface area contributed by atoms with Crippen LogP contribution in [0.4, 0.5) is 0 Å². The molecule has 1 aromatic rings. The van der Waals surface area contributed by atoms with E-state index in [4.69, 9.17) is 4.74 Å². The highest BCUT2D eigenvalue weighted by Gasteiger charge is 2.10. The second-order valence-corrected chi connectivity index (χ2v) is 4.07. The number of likely N-dealkylation sites (tertiary alicyclic amines) is 1. The number of rotatable bonds is 4. The van der Waals surface area contributed by atoms with Crippen LogP contribution in [0, 0.1) is 6.92 Å². The van der Waals surface area contributed by atoms with E-state index in [-0.39, 0.29) is 0 Å². The van der Waals surface area contributed by atoms with Crippen molar-refractivity contribution >= 4 is 0 Å². The first-order valence-electron chi connectivity index (χ1n) is 5.62. The molecule has 2 heterocycles. The summed E-state index contributed by atoms with van der Waals surface area (Å²) in [7, 11) is 0. The Labute approximate surface area is 91.1 Å². The number of nitrogens with zero attached hydrogens (tertiary/aromatic N) is 2. The Kier molecular flexibility index (Phi) is 3.56.